The van der Waals surface area contributed by atoms with Crippen molar-refractivity contribution >= 4 is 17.6 Å². The molecular formula is C29H32ClN5O6. The van der Waals surface area contributed by atoms with Crippen LogP contribution in [-0.4, -0.2) is 57.7 Å². The normalized spacial score (nSPS) is 16.4. The lowest BCUT2D eigenvalue weighted by Crippen LogP contribution is -2.36. The molecule has 3 heterocycles. The van der Waals surface area contributed by atoms with Crippen LogP contribution in [-0.2, 0) is 32.2 Å². The number of aromatic nitrogens is 5. The number of para-hydroxylation sites is 1. The fourth-order valence-electron chi connectivity index (χ4n) is 5.00. The lowest BCUT2D eigenvalue weighted by atomic mass is 9.98. The highest BCUT2D eigenvalue weighted by Crippen LogP contribution is 2.46. The molecule has 4 aromatic rings. The van der Waals surface area contributed by atoms with Gasteiger partial charge in [0, 0.05) is 28.9 Å². The van der Waals surface area contributed by atoms with E-state index in [1.807, 2.05) is 54.7 Å². The Balaban J connectivity index is 1.47. The smallest absolute Gasteiger partial charge is 0.337 e. The van der Waals surface area contributed by atoms with E-state index in [1.165, 1.54) is 7.11 Å². The first-order chi connectivity index (χ1) is 19.8. The number of rotatable bonds is 10. The Kier molecular flexibility index (Phi) is 8.30. The van der Waals surface area contributed by atoms with E-state index in [9.17, 15) is 4.79 Å². The highest BCUT2D eigenvalue weighted by atomic mass is 35.5. The molecule has 0 unspecified atom stereocenters. The molecule has 216 valence electrons. The van der Waals surface area contributed by atoms with Crippen LogP contribution in [0.5, 0.6) is 11.5 Å². The number of tetrazole rings is 1. The van der Waals surface area contributed by atoms with E-state index in [0.717, 1.165) is 22.5 Å². The van der Waals surface area contributed by atoms with E-state index in [4.69, 9.17) is 35.3 Å². The van der Waals surface area contributed by atoms with Crippen LogP contribution in [0.3, 0.4) is 0 Å². The van der Waals surface area contributed by atoms with Gasteiger partial charge in [0.05, 0.1) is 32.7 Å². The summed E-state index contributed by atoms with van der Waals surface area (Å²) in [5, 5.41) is 12.7. The average molecular weight is 582 g/mol. The van der Waals surface area contributed by atoms with Gasteiger partial charge in [0.25, 0.3) is 0 Å². The molecule has 11 nitrogen and oxygen atoms in total. The number of aryl methyl sites for hydroxylation is 1. The Bertz CT molecular complexity index is 1530. The minimum atomic E-state index is -1.15. The molecule has 2 atom stereocenters. The van der Waals surface area contributed by atoms with Crippen molar-refractivity contribution in [2.75, 3.05) is 21.3 Å². The maximum atomic E-state index is 12.0. The quantitative estimate of drug-likeness (QED) is 0.242. The molecule has 1 aliphatic heterocycles. The molecule has 0 bridgehead atoms. The first kappa shape index (κ1) is 28.6. The maximum absolute atomic E-state index is 12.0. The number of halogens is 1. The fourth-order valence-corrected chi connectivity index (χ4v) is 5.18. The van der Waals surface area contributed by atoms with Crippen molar-refractivity contribution in [3.05, 3.63) is 82.4 Å². The highest BCUT2D eigenvalue weighted by Gasteiger charge is 2.34. The third kappa shape index (κ3) is 5.65. The van der Waals surface area contributed by atoms with Gasteiger partial charge in [0.2, 0.25) is 0 Å². The second kappa shape index (κ2) is 11.9. The molecule has 0 fully saturated rings. The summed E-state index contributed by atoms with van der Waals surface area (Å²) in [7, 11) is 4.54. The van der Waals surface area contributed by atoms with Crippen LogP contribution in [0, 0.1) is 0 Å². The highest BCUT2D eigenvalue weighted by molar-refractivity contribution is 6.30. The van der Waals surface area contributed by atoms with Crippen LogP contribution in [0.4, 0.5) is 0 Å². The molecule has 0 radical (unpaired) electrons. The Labute approximate surface area is 242 Å². The van der Waals surface area contributed by atoms with Gasteiger partial charge in [-0.3, -0.25) is 0 Å². The first-order valence-electron chi connectivity index (χ1n) is 13.1. The van der Waals surface area contributed by atoms with Crippen LogP contribution in [0.25, 0.3) is 5.69 Å². The number of nitrogens with zero attached hydrogens (tertiary/aromatic N) is 5. The lowest BCUT2D eigenvalue weighted by molar-refractivity contribution is -0.166. The topological polar surface area (TPSA) is 112 Å². The monoisotopic (exact) mass is 581 g/mol. The van der Waals surface area contributed by atoms with Crippen molar-refractivity contribution in [2.45, 2.75) is 51.2 Å². The molecule has 2 aromatic heterocycles. The average Bonchev–Trinajstić information content (AvgIpc) is 3.63. The van der Waals surface area contributed by atoms with E-state index in [1.54, 1.807) is 32.7 Å². The van der Waals surface area contributed by atoms with Gasteiger partial charge in [-0.15, -0.1) is 5.10 Å². The Hall–Kier alpha value is -3.93. The summed E-state index contributed by atoms with van der Waals surface area (Å²) < 4.78 is 32.7. The minimum Gasteiger partial charge on any atom is -0.493 e. The summed E-state index contributed by atoms with van der Waals surface area (Å²) in [5.41, 5.74) is 2.48. The number of carbonyl (C=O) groups excluding carboxylic acids is 1. The van der Waals surface area contributed by atoms with Gasteiger partial charge >= 0.3 is 5.97 Å². The summed E-state index contributed by atoms with van der Waals surface area (Å²) in [6.07, 6.45) is 1.67. The molecule has 0 saturated heterocycles. The third-order valence-corrected chi connectivity index (χ3v) is 7.34. The number of fused-ring (bicyclic) bond motifs is 3. The number of ether oxygens (including phenoxy) is 5. The van der Waals surface area contributed by atoms with E-state index in [-0.39, 0.29) is 12.7 Å². The molecular weight excluding hydrogens is 550 g/mol. The number of esters is 1. The summed E-state index contributed by atoms with van der Waals surface area (Å²) >= 11 is 6.50. The molecule has 0 aliphatic carbocycles. The third-order valence-electron chi connectivity index (χ3n) is 7.11. The number of methoxy groups -OCH3 is 3. The summed E-state index contributed by atoms with van der Waals surface area (Å²) in [6.45, 7) is 3.73. The van der Waals surface area contributed by atoms with Crippen molar-refractivity contribution in [1.29, 1.82) is 0 Å². The van der Waals surface area contributed by atoms with Gasteiger partial charge in [0.15, 0.2) is 22.9 Å². The minimum absolute atomic E-state index is 0.0323. The molecule has 0 amide bonds. The van der Waals surface area contributed by atoms with Crippen molar-refractivity contribution in [2.24, 2.45) is 0 Å². The largest absolute Gasteiger partial charge is 0.493 e. The van der Waals surface area contributed by atoms with E-state index in [2.05, 4.69) is 20.1 Å². The van der Waals surface area contributed by atoms with Crippen molar-refractivity contribution in [3.8, 4) is 17.2 Å². The number of carbonyl (C=O) groups is 1. The van der Waals surface area contributed by atoms with Crippen LogP contribution in [0.1, 0.15) is 55.1 Å². The van der Waals surface area contributed by atoms with Gasteiger partial charge in [0.1, 0.15) is 18.8 Å². The second-order valence-electron chi connectivity index (χ2n) is 9.99. The van der Waals surface area contributed by atoms with Gasteiger partial charge < -0.3 is 28.3 Å². The Morgan fingerprint density at radius 1 is 1.07 bits per heavy atom. The zero-order chi connectivity index (χ0) is 29.1. The predicted octanol–water partition coefficient (Wildman–Crippen LogP) is 4.85. The van der Waals surface area contributed by atoms with Crippen molar-refractivity contribution in [3.63, 3.8) is 0 Å². The van der Waals surface area contributed by atoms with Crippen molar-refractivity contribution in [1.82, 2.24) is 24.8 Å². The summed E-state index contributed by atoms with van der Waals surface area (Å²) in [5.74, 6) is 1.19. The van der Waals surface area contributed by atoms with Crippen LogP contribution < -0.4 is 9.47 Å². The zero-order valence-electron chi connectivity index (χ0n) is 23.5. The van der Waals surface area contributed by atoms with Crippen LogP contribution >= 0.6 is 11.6 Å². The van der Waals surface area contributed by atoms with Crippen molar-refractivity contribution < 1.29 is 28.5 Å². The Morgan fingerprint density at radius 2 is 1.90 bits per heavy atom. The lowest BCUT2D eigenvalue weighted by Gasteiger charge is -2.25. The van der Waals surface area contributed by atoms with E-state index in [0.29, 0.717) is 35.3 Å². The van der Waals surface area contributed by atoms with Gasteiger partial charge in [-0.1, -0.05) is 23.7 Å². The fraction of sp³-hybridized carbons (Fsp3) is 0.379. The molecule has 0 N–H and O–H groups in total. The maximum Gasteiger partial charge on any atom is 0.337 e. The molecule has 0 saturated carbocycles. The van der Waals surface area contributed by atoms with Crippen LogP contribution in [0.2, 0.25) is 5.02 Å². The molecule has 0 spiro atoms. The SMILES string of the molecule is COC(=O)C(C)(C)OCc1nnnn1CC[C@H]1O[C@H](c2cccc(OC)c2OC)c2cc(Cl)ccc2-n2cccc21. The van der Waals surface area contributed by atoms with E-state index >= 15 is 0 Å². The zero-order valence-corrected chi connectivity index (χ0v) is 24.3. The molecule has 2 aromatic carbocycles. The molecule has 12 heteroatoms. The standard InChI is InChI=1S/C29H32ClN5O6/c1-29(2,28(36)39-5)40-17-25-31-32-33-35(25)15-13-23-22-9-7-14-34(22)21-12-11-18(30)16-20(21)26(41-23)19-8-6-10-24(37-3)27(19)38-4/h6-12,14,16,23,26H,13,15,17H2,1-5H3/t23-,26-/m1/s1. The molecule has 5 rings (SSSR count). The van der Waals surface area contributed by atoms with Crippen LogP contribution in [0.15, 0.2) is 54.7 Å². The van der Waals surface area contributed by atoms with E-state index < -0.39 is 17.7 Å². The Morgan fingerprint density at radius 3 is 2.66 bits per heavy atom. The van der Waals surface area contributed by atoms with Gasteiger partial charge in [-0.05, 0) is 67.1 Å². The van der Waals surface area contributed by atoms with Gasteiger partial charge in [-0.25, -0.2) is 9.48 Å². The summed E-state index contributed by atoms with van der Waals surface area (Å²) in [6, 6.07) is 15.5. The van der Waals surface area contributed by atoms with Gasteiger partial charge in [-0.2, -0.15) is 0 Å². The summed E-state index contributed by atoms with van der Waals surface area (Å²) in [4.78, 5) is 12.0. The number of hydrogen-bond donors (Lipinski definition) is 0. The molecule has 41 heavy (non-hydrogen) atoms. The molecule has 1 aliphatic rings. The first-order valence-corrected chi connectivity index (χ1v) is 13.5. The number of benzene rings is 2. The second-order valence-corrected chi connectivity index (χ2v) is 10.4. The predicted molar refractivity (Wildman–Crippen MR) is 149 cm³/mol. The number of hydrogen-bond acceptors (Lipinski definition) is 9.